The van der Waals surface area contributed by atoms with E-state index in [0.29, 0.717) is 23.8 Å². The minimum Gasteiger partial charge on any atom is -0.494 e. The van der Waals surface area contributed by atoms with Gasteiger partial charge in [-0.05, 0) is 173 Å². The first-order valence-electron chi connectivity index (χ1n) is 24.6. The highest BCUT2D eigenvalue weighted by Crippen LogP contribution is 2.63. The van der Waals surface area contributed by atoms with E-state index in [9.17, 15) is 4.79 Å². The van der Waals surface area contributed by atoms with E-state index in [2.05, 4.69) is 86.3 Å². The maximum absolute atomic E-state index is 13.3. The highest BCUT2D eigenvalue weighted by molar-refractivity contribution is 5.89. The molecule has 8 rings (SSSR count). The lowest BCUT2D eigenvalue weighted by atomic mass is 9.72. The van der Waals surface area contributed by atoms with Crippen molar-refractivity contribution in [3.05, 3.63) is 179 Å². The summed E-state index contributed by atoms with van der Waals surface area (Å²) in [5.74, 6) is 2.37. The van der Waals surface area contributed by atoms with Crippen LogP contribution in [0.25, 0.3) is 12.2 Å². The van der Waals surface area contributed by atoms with E-state index in [0.717, 1.165) is 72.0 Å². The van der Waals surface area contributed by atoms with Crippen molar-refractivity contribution < 1.29 is 28.8 Å². The molecule has 0 N–H and O–H groups in total. The molecule has 1 atom stereocenters. The van der Waals surface area contributed by atoms with Crippen molar-refractivity contribution in [1.29, 1.82) is 0 Å². The molecule has 0 aromatic heterocycles. The van der Waals surface area contributed by atoms with Crippen molar-refractivity contribution >= 4 is 40.9 Å². The fraction of sp³-hybridized carbons (Fsp3) is 0.317. The zero-order valence-corrected chi connectivity index (χ0v) is 41.3. The summed E-state index contributed by atoms with van der Waals surface area (Å²) in [6.45, 7) is 15.2. The molecule has 2 aliphatic rings. The quantitative estimate of drug-likeness (QED) is 0.0135. The van der Waals surface area contributed by atoms with Gasteiger partial charge in [0.25, 0.3) is 0 Å². The number of azo groups is 2. The minimum absolute atomic E-state index is 0.0959. The number of hydrogen-bond donors (Lipinski definition) is 0. The van der Waals surface area contributed by atoms with Crippen LogP contribution in [0.4, 0.5) is 22.7 Å². The van der Waals surface area contributed by atoms with E-state index < -0.39 is 5.97 Å². The second-order valence-electron chi connectivity index (χ2n) is 19.5. The molecule has 0 amide bonds. The van der Waals surface area contributed by atoms with Crippen LogP contribution in [0.1, 0.15) is 120 Å². The van der Waals surface area contributed by atoms with Gasteiger partial charge in [0.2, 0.25) is 0 Å². The van der Waals surface area contributed by atoms with Crippen LogP contribution in [0.15, 0.2) is 166 Å². The first-order valence-corrected chi connectivity index (χ1v) is 24.6. The predicted octanol–water partition coefficient (Wildman–Crippen LogP) is 16.6. The van der Waals surface area contributed by atoms with E-state index in [4.69, 9.17) is 24.0 Å². The smallest absolute Gasteiger partial charge is 0.336 e. The van der Waals surface area contributed by atoms with Crippen LogP contribution in [-0.4, -0.2) is 25.8 Å². The molecule has 0 bridgehead atoms. The van der Waals surface area contributed by atoms with Gasteiger partial charge in [-0.2, -0.15) is 25.3 Å². The molecule has 360 valence electrons. The zero-order valence-electron chi connectivity index (χ0n) is 41.3. The molecule has 6 aromatic rings. The first kappa shape index (κ1) is 49.3. The zero-order chi connectivity index (χ0) is 49.0. The standard InChI is InChI=1S/C60H64N4O6/c1-7-9-10-11-37-67-50-29-25-48(26-30-50)64-62-46-21-16-44(17-22-46)18-35-57(65)69-51-31-33-53-55(39-51)60(41-58(53,3)4)42-59(5,6)54-34-32-52(40-56(54)60)70-68-38-12-13-43-14-19-45(20-15-43)61-63-47-23-27-49(28-24-47)66-36-8-2/h12-35,39-40H,7-11,36-38,41-42H2,1-6H3/b13-12+,35-18+,63-61?,64-62?. The Hall–Kier alpha value is -7.17. The first-order chi connectivity index (χ1) is 33.9. The minimum atomic E-state index is -0.452. The highest BCUT2D eigenvalue weighted by atomic mass is 17.2. The summed E-state index contributed by atoms with van der Waals surface area (Å²) in [4.78, 5) is 24.9. The van der Waals surface area contributed by atoms with Crippen molar-refractivity contribution in [3.63, 3.8) is 0 Å². The van der Waals surface area contributed by atoms with Crippen LogP contribution in [0, 0.1) is 0 Å². The van der Waals surface area contributed by atoms with Gasteiger partial charge in [0.15, 0.2) is 5.75 Å². The van der Waals surface area contributed by atoms with E-state index in [1.807, 2.05) is 121 Å². The number of hydrogen-bond acceptors (Lipinski definition) is 10. The Balaban J connectivity index is 0.863. The SMILES string of the molecule is CCCCCCOc1ccc(N=Nc2ccc(/C=C/C(=O)Oc3ccc4c(c3)C3(CC(C)(C)c5ccc(OOC/C=C/c6ccc(N=Nc7ccc(OCCC)cc7)cc6)cc53)CC4(C)C)cc2)cc1. The Morgan fingerprint density at radius 1 is 0.514 bits per heavy atom. The molecule has 1 unspecified atom stereocenters. The molecule has 0 fully saturated rings. The van der Waals surface area contributed by atoms with Crippen LogP contribution in [-0.2, 0) is 25.9 Å². The average molecular weight is 937 g/mol. The van der Waals surface area contributed by atoms with Crippen molar-refractivity contribution in [2.24, 2.45) is 20.5 Å². The number of nitrogens with zero attached hydrogens (tertiary/aromatic N) is 4. The van der Waals surface area contributed by atoms with Crippen molar-refractivity contribution in [2.45, 2.75) is 103 Å². The van der Waals surface area contributed by atoms with E-state index in [-0.39, 0.29) is 22.9 Å². The summed E-state index contributed by atoms with van der Waals surface area (Å²) in [6.07, 6.45) is 14.6. The van der Waals surface area contributed by atoms with Gasteiger partial charge in [-0.3, -0.25) is 0 Å². The number of fused-ring (bicyclic) bond motifs is 4. The number of benzene rings is 6. The summed E-state index contributed by atoms with van der Waals surface area (Å²) >= 11 is 0. The molecule has 2 aliphatic carbocycles. The molecule has 0 aliphatic heterocycles. The Morgan fingerprint density at radius 3 is 1.51 bits per heavy atom. The Bertz CT molecular complexity index is 2830. The summed E-state index contributed by atoms with van der Waals surface area (Å²) in [5, 5.41) is 17.5. The van der Waals surface area contributed by atoms with E-state index >= 15 is 0 Å². The Kier molecular flexibility index (Phi) is 15.8. The Labute approximate surface area is 413 Å². The number of ether oxygens (including phenoxy) is 3. The van der Waals surface area contributed by atoms with Gasteiger partial charge in [-0.25, -0.2) is 4.79 Å². The molecular weight excluding hydrogens is 873 g/mol. The van der Waals surface area contributed by atoms with Gasteiger partial charge >= 0.3 is 5.97 Å². The highest BCUT2D eigenvalue weighted by Gasteiger charge is 2.56. The summed E-state index contributed by atoms with van der Waals surface area (Å²) < 4.78 is 17.5. The fourth-order valence-corrected chi connectivity index (χ4v) is 9.75. The van der Waals surface area contributed by atoms with Crippen LogP contribution in [0.2, 0.25) is 0 Å². The van der Waals surface area contributed by atoms with Gasteiger partial charge in [0, 0.05) is 11.5 Å². The van der Waals surface area contributed by atoms with Gasteiger partial charge in [-0.1, -0.05) is 109 Å². The van der Waals surface area contributed by atoms with E-state index in [1.165, 1.54) is 47.6 Å². The number of esters is 1. The summed E-state index contributed by atoms with van der Waals surface area (Å²) in [7, 11) is 0. The summed E-state index contributed by atoms with van der Waals surface area (Å²) in [6, 6.07) is 43.0. The molecule has 0 radical (unpaired) electrons. The fourth-order valence-electron chi connectivity index (χ4n) is 9.75. The predicted molar refractivity (Wildman–Crippen MR) is 279 cm³/mol. The second-order valence-corrected chi connectivity index (χ2v) is 19.5. The van der Waals surface area contributed by atoms with E-state index in [1.54, 1.807) is 6.08 Å². The largest absolute Gasteiger partial charge is 0.494 e. The molecule has 1 spiro atoms. The Morgan fingerprint density at radius 2 is 0.986 bits per heavy atom. The topological polar surface area (TPSA) is 113 Å². The van der Waals surface area contributed by atoms with Crippen LogP contribution in [0.5, 0.6) is 23.0 Å². The van der Waals surface area contributed by atoms with Gasteiger partial charge < -0.3 is 19.1 Å². The molecule has 0 saturated carbocycles. The number of unbranched alkanes of at least 4 members (excludes halogenated alkanes) is 3. The molecule has 0 heterocycles. The number of carbonyl (C=O) groups excluding carboxylic acids is 1. The molecule has 10 heteroatoms. The maximum Gasteiger partial charge on any atom is 0.336 e. The normalized spacial score (nSPS) is 16.7. The number of carbonyl (C=O) groups is 1. The average Bonchev–Trinajstić information content (AvgIpc) is 3.73. The molecule has 10 nitrogen and oxygen atoms in total. The third-order valence-electron chi connectivity index (χ3n) is 13.0. The lowest BCUT2D eigenvalue weighted by molar-refractivity contribution is -0.195. The van der Waals surface area contributed by atoms with Crippen LogP contribution >= 0.6 is 0 Å². The molecule has 70 heavy (non-hydrogen) atoms. The third kappa shape index (κ3) is 12.3. The number of rotatable bonds is 21. The van der Waals surface area contributed by atoms with Gasteiger partial charge in [-0.15, -0.1) is 0 Å². The van der Waals surface area contributed by atoms with Crippen molar-refractivity contribution in [3.8, 4) is 23.0 Å². The van der Waals surface area contributed by atoms with Crippen LogP contribution in [0.3, 0.4) is 0 Å². The van der Waals surface area contributed by atoms with Crippen molar-refractivity contribution in [2.75, 3.05) is 19.8 Å². The van der Waals surface area contributed by atoms with Crippen LogP contribution < -0.4 is 19.1 Å². The molecule has 0 saturated heterocycles. The maximum atomic E-state index is 13.3. The third-order valence-corrected chi connectivity index (χ3v) is 13.0. The lowest BCUT2D eigenvalue weighted by Gasteiger charge is -2.30. The van der Waals surface area contributed by atoms with Gasteiger partial charge in [0.05, 0.1) is 36.0 Å². The van der Waals surface area contributed by atoms with Crippen molar-refractivity contribution in [1.82, 2.24) is 0 Å². The van der Waals surface area contributed by atoms with Gasteiger partial charge in [0.1, 0.15) is 23.9 Å². The second kappa shape index (κ2) is 22.5. The monoisotopic (exact) mass is 936 g/mol. The molecule has 6 aromatic carbocycles. The lowest BCUT2D eigenvalue weighted by Crippen LogP contribution is -2.27. The summed E-state index contributed by atoms with van der Waals surface area (Å²) in [5.41, 5.74) is 9.26. The molecular formula is C60H64N4O6.